The maximum Gasteiger partial charge on any atom is 0.186 e. The Labute approximate surface area is 208 Å². The summed E-state index contributed by atoms with van der Waals surface area (Å²) in [6.45, 7) is 1.22. The third kappa shape index (κ3) is 12.2. The van der Waals surface area contributed by atoms with Crippen LogP contribution in [0, 0.1) is 0 Å². The van der Waals surface area contributed by atoms with Crippen LogP contribution in [0.4, 0.5) is 0 Å². The number of hydrogen-bond donors (Lipinski definition) is 6. The maximum atomic E-state index is 10.4. The molecule has 1 aliphatic heterocycles. The minimum atomic E-state index is -1.61. The van der Waals surface area contributed by atoms with Gasteiger partial charge >= 0.3 is 0 Å². The van der Waals surface area contributed by atoms with E-state index in [1.165, 1.54) is 51.4 Å². The van der Waals surface area contributed by atoms with Crippen molar-refractivity contribution in [3.63, 3.8) is 0 Å². The zero-order valence-electron chi connectivity index (χ0n) is 21.1. The van der Waals surface area contributed by atoms with Gasteiger partial charge in [0.15, 0.2) is 6.29 Å². The van der Waals surface area contributed by atoms with Gasteiger partial charge in [-0.3, -0.25) is 0 Å². The van der Waals surface area contributed by atoms with Crippen LogP contribution in [0.5, 0.6) is 0 Å². The molecule has 0 amide bonds. The van der Waals surface area contributed by atoms with Gasteiger partial charge in [-0.15, -0.1) is 0 Å². The molecule has 1 saturated heterocycles. The standard InChI is InChI=1S/C24H47N3O8/c1-2-3-4-5-6-7-8-9-10-11-12-13-14-18(29)20(30)17(26-27-25)16-34-24-23(33)22(32)21(31)19(15-28)35-24/h17-24,28-33H,2-16H2,1H3/t17-,18+,19+,20-,21-,22-,23+,24+/m0/s1. The molecule has 11 heteroatoms. The molecule has 0 spiro atoms. The largest absolute Gasteiger partial charge is 0.394 e. The first-order valence-electron chi connectivity index (χ1n) is 13.2. The topological polar surface area (TPSA) is 189 Å². The summed E-state index contributed by atoms with van der Waals surface area (Å²) in [7, 11) is 0. The molecule has 206 valence electrons. The Kier molecular flexibility index (Phi) is 17.5. The third-order valence-corrected chi connectivity index (χ3v) is 6.62. The summed E-state index contributed by atoms with van der Waals surface area (Å²) >= 11 is 0. The fourth-order valence-corrected chi connectivity index (χ4v) is 4.29. The van der Waals surface area contributed by atoms with Gasteiger partial charge in [0, 0.05) is 4.91 Å². The monoisotopic (exact) mass is 505 g/mol. The second-order valence-corrected chi connectivity index (χ2v) is 9.54. The van der Waals surface area contributed by atoms with Crippen molar-refractivity contribution in [2.24, 2.45) is 5.11 Å². The molecule has 1 heterocycles. The number of ether oxygens (including phenoxy) is 2. The molecule has 8 atom stereocenters. The lowest BCUT2D eigenvalue weighted by Gasteiger charge is -2.40. The Morgan fingerprint density at radius 2 is 1.40 bits per heavy atom. The molecule has 1 aliphatic rings. The first-order chi connectivity index (χ1) is 16.9. The van der Waals surface area contributed by atoms with Crippen LogP contribution >= 0.6 is 0 Å². The predicted octanol–water partition coefficient (Wildman–Crippen LogP) is 2.29. The second kappa shape index (κ2) is 19.1. The summed E-state index contributed by atoms with van der Waals surface area (Å²) in [5.41, 5.74) is 8.83. The van der Waals surface area contributed by atoms with E-state index in [9.17, 15) is 30.6 Å². The molecule has 1 fully saturated rings. The minimum absolute atomic E-state index is 0.343. The summed E-state index contributed by atoms with van der Waals surface area (Å²) in [5.74, 6) is 0. The highest BCUT2D eigenvalue weighted by Crippen LogP contribution is 2.23. The van der Waals surface area contributed by atoms with E-state index >= 15 is 0 Å². The molecule has 0 aliphatic carbocycles. The number of rotatable bonds is 20. The van der Waals surface area contributed by atoms with Crippen LogP contribution in [-0.4, -0.2) is 92.8 Å². The number of aliphatic hydroxyl groups is 6. The van der Waals surface area contributed by atoms with Crippen molar-refractivity contribution < 1.29 is 40.1 Å². The number of unbranched alkanes of at least 4 members (excludes halogenated alkanes) is 11. The van der Waals surface area contributed by atoms with Crippen molar-refractivity contribution in [2.75, 3.05) is 13.2 Å². The van der Waals surface area contributed by atoms with Gasteiger partial charge in [-0.1, -0.05) is 89.1 Å². The van der Waals surface area contributed by atoms with Gasteiger partial charge in [0.25, 0.3) is 0 Å². The molecule has 1 rings (SSSR count). The predicted molar refractivity (Wildman–Crippen MR) is 130 cm³/mol. The molecule has 0 radical (unpaired) electrons. The van der Waals surface area contributed by atoms with Crippen LogP contribution in [0.2, 0.25) is 0 Å². The minimum Gasteiger partial charge on any atom is -0.394 e. The van der Waals surface area contributed by atoms with Gasteiger partial charge in [0.1, 0.15) is 24.4 Å². The molecule has 0 saturated carbocycles. The molecule has 35 heavy (non-hydrogen) atoms. The second-order valence-electron chi connectivity index (χ2n) is 9.54. The number of hydrogen-bond acceptors (Lipinski definition) is 9. The maximum absolute atomic E-state index is 10.4. The summed E-state index contributed by atoms with van der Waals surface area (Å²) in [6, 6.07) is -1.15. The lowest BCUT2D eigenvalue weighted by molar-refractivity contribution is -0.302. The van der Waals surface area contributed by atoms with Crippen LogP contribution in [0.15, 0.2) is 5.11 Å². The van der Waals surface area contributed by atoms with Crippen LogP contribution in [-0.2, 0) is 9.47 Å². The van der Waals surface area contributed by atoms with Crippen LogP contribution in [0.1, 0.15) is 90.4 Å². The van der Waals surface area contributed by atoms with Gasteiger partial charge in [-0.25, -0.2) is 0 Å². The quantitative estimate of drug-likeness (QED) is 0.0628. The van der Waals surface area contributed by atoms with Crippen molar-refractivity contribution in [1.82, 2.24) is 0 Å². The Morgan fingerprint density at radius 3 is 1.91 bits per heavy atom. The van der Waals surface area contributed by atoms with E-state index < -0.39 is 62.2 Å². The first kappa shape index (κ1) is 32.0. The van der Waals surface area contributed by atoms with E-state index in [2.05, 4.69) is 16.9 Å². The lowest BCUT2D eigenvalue weighted by Crippen LogP contribution is -2.59. The van der Waals surface area contributed by atoms with Crippen LogP contribution in [0.25, 0.3) is 10.4 Å². The highest BCUT2D eigenvalue weighted by Gasteiger charge is 2.44. The number of nitrogens with zero attached hydrogens (tertiary/aromatic N) is 3. The zero-order chi connectivity index (χ0) is 26.1. The highest BCUT2D eigenvalue weighted by molar-refractivity contribution is 4.89. The molecule has 11 nitrogen and oxygen atoms in total. The van der Waals surface area contributed by atoms with E-state index in [-0.39, 0.29) is 0 Å². The van der Waals surface area contributed by atoms with Crippen LogP contribution in [0.3, 0.4) is 0 Å². The Morgan fingerprint density at radius 1 is 0.857 bits per heavy atom. The van der Waals surface area contributed by atoms with E-state index in [0.717, 1.165) is 25.7 Å². The number of azide groups is 1. The van der Waals surface area contributed by atoms with Gasteiger partial charge < -0.3 is 40.1 Å². The summed E-state index contributed by atoms with van der Waals surface area (Å²) < 4.78 is 10.6. The molecule has 0 unspecified atom stereocenters. The van der Waals surface area contributed by atoms with Gasteiger partial charge in [0.05, 0.1) is 31.5 Å². The van der Waals surface area contributed by atoms with Crippen molar-refractivity contribution in [3.05, 3.63) is 10.4 Å². The lowest BCUT2D eigenvalue weighted by atomic mass is 9.99. The average Bonchev–Trinajstić information content (AvgIpc) is 2.86. The van der Waals surface area contributed by atoms with E-state index in [0.29, 0.717) is 6.42 Å². The third-order valence-electron chi connectivity index (χ3n) is 6.62. The highest BCUT2D eigenvalue weighted by atomic mass is 16.7. The van der Waals surface area contributed by atoms with Gasteiger partial charge in [0.2, 0.25) is 0 Å². The van der Waals surface area contributed by atoms with Crippen molar-refractivity contribution in [1.29, 1.82) is 0 Å². The normalized spacial score (nSPS) is 27.2. The molecule has 6 N–H and O–H groups in total. The molecule has 0 aromatic heterocycles. The van der Waals surface area contributed by atoms with Gasteiger partial charge in [-0.2, -0.15) is 0 Å². The smallest absolute Gasteiger partial charge is 0.186 e. The van der Waals surface area contributed by atoms with Gasteiger partial charge in [-0.05, 0) is 12.0 Å². The van der Waals surface area contributed by atoms with Crippen molar-refractivity contribution >= 4 is 0 Å². The zero-order valence-corrected chi connectivity index (χ0v) is 21.1. The first-order valence-corrected chi connectivity index (χ1v) is 13.2. The molecular weight excluding hydrogens is 458 g/mol. The summed E-state index contributed by atoms with van der Waals surface area (Å²) in [5, 5.41) is 63.2. The molecule has 0 aromatic rings. The van der Waals surface area contributed by atoms with E-state index in [1.54, 1.807) is 0 Å². The fourth-order valence-electron chi connectivity index (χ4n) is 4.29. The van der Waals surface area contributed by atoms with Crippen molar-refractivity contribution in [2.45, 2.75) is 139 Å². The molecular formula is C24H47N3O8. The number of aliphatic hydroxyl groups excluding tert-OH is 6. The van der Waals surface area contributed by atoms with E-state index in [4.69, 9.17) is 15.0 Å². The molecule has 0 aromatic carbocycles. The van der Waals surface area contributed by atoms with Crippen molar-refractivity contribution in [3.8, 4) is 0 Å². The molecule has 0 bridgehead atoms. The Hall–Kier alpha value is -1.01. The Bertz CT molecular complexity index is 579. The fraction of sp³-hybridized carbons (Fsp3) is 1.00. The SMILES string of the molecule is CCCCCCCCCCCCCC[C@@H](O)[C@@H](O)[C@H](CO[C@@H]1O[C@H](CO)[C@H](O)[C@H](O)[C@H]1O)N=[N+]=[N-]. The summed E-state index contributed by atoms with van der Waals surface area (Å²) in [4.78, 5) is 2.69. The van der Waals surface area contributed by atoms with Crippen LogP contribution < -0.4 is 0 Å². The summed E-state index contributed by atoms with van der Waals surface area (Å²) in [6.07, 6.45) is 4.79. The van der Waals surface area contributed by atoms with E-state index in [1.807, 2.05) is 0 Å². The average molecular weight is 506 g/mol. The Balaban J connectivity index is 2.28.